The Hall–Kier alpha value is -1.33. The SMILES string of the molecule is CCOc1ccc2c(c1F)O[C@@H]1C[C@H](C3CCC4(CC3)OCCO4)CC[C@@H]21. The molecule has 27 heavy (non-hydrogen) atoms. The van der Waals surface area contributed by atoms with Crippen molar-refractivity contribution in [3.63, 3.8) is 0 Å². The van der Waals surface area contributed by atoms with Crippen LogP contribution in [0.3, 0.4) is 0 Å². The highest BCUT2D eigenvalue weighted by Crippen LogP contribution is 2.52. The average molecular weight is 376 g/mol. The van der Waals surface area contributed by atoms with Gasteiger partial charge in [0, 0.05) is 24.3 Å². The Morgan fingerprint density at radius 2 is 1.85 bits per heavy atom. The summed E-state index contributed by atoms with van der Waals surface area (Å²) in [6, 6.07) is 3.77. The predicted octanol–water partition coefficient (Wildman–Crippen LogP) is 4.80. The maximum absolute atomic E-state index is 14.7. The molecule has 0 N–H and O–H groups in total. The number of halogens is 1. The first-order valence-electron chi connectivity index (χ1n) is 10.6. The van der Waals surface area contributed by atoms with Crippen molar-refractivity contribution >= 4 is 0 Å². The monoisotopic (exact) mass is 376 g/mol. The zero-order chi connectivity index (χ0) is 18.4. The van der Waals surface area contributed by atoms with Gasteiger partial charge in [-0.15, -0.1) is 0 Å². The van der Waals surface area contributed by atoms with Crippen LogP contribution in [-0.2, 0) is 9.47 Å². The Labute approximate surface area is 160 Å². The van der Waals surface area contributed by atoms with Crippen LogP contribution in [-0.4, -0.2) is 31.7 Å². The molecule has 1 aromatic carbocycles. The van der Waals surface area contributed by atoms with Crippen LogP contribution < -0.4 is 9.47 Å². The zero-order valence-electron chi connectivity index (χ0n) is 16.0. The van der Waals surface area contributed by atoms with Crippen LogP contribution in [0.2, 0.25) is 0 Å². The number of hydrogen-bond acceptors (Lipinski definition) is 4. The molecule has 5 rings (SSSR count). The van der Waals surface area contributed by atoms with E-state index in [1.54, 1.807) is 6.07 Å². The van der Waals surface area contributed by atoms with Crippen molar-refractivity contribution in [2.75, 3.05) is 19.8 Å². The number of ether oxygens (including phenoxy) is 4. The highest BCUT2D eigenvalue weighted by molar-refractivity contribution is 5.48. The Morgan fingerprint density at radius 1 is 1.07 bits per heavy atom. The van der Waals surface area contributed by atoms with Gasteiger partial charge in [0.2, 0.25) is 5.82 Å². The number of rotatable bonds is 3. The molecule has 2 aliphatic carbocycles. The second kappa shape index (κ2) is 6.93. The van der Waals surface area contributed by atoms with Gasteiger partial charge in [0.15, 0.2) is 17.3 Å². The van der Waals surface area contributed by atoms with E-state index in [2.05, 4.69) is 0 Å². The lowest BCUT2D eigenvalue weighted by atomic mass is 9.68. The van der Waals surface area contributed by atoms with Crippen molar-refractivity contribution in [2.45, 2.75) is 69.7 Å². The predicted molar refractivity (Wildman–Crippen MR) is 98.7 cm³/mol. The number of fused-ring (bicyclic) bond motifs is 3. The Morgan fingerprint density at radius 3 is 2.59 bits per heavy atom. The van der Waals surface area contributed by atoms with E-state index in [1.807, 2.05) is 13.0 Å². The van der Waals surface area contributed by atoms with E-state index in [-0.39, 0.29) is 17.7 Å². The summed E-state index contributed by atoms with van der Waals surface area (Å²) in [5.41, 5.74) is 1.04. The summed E-state index contributed by atoms with van der Waals surface area (Å²) >= 11 is 0. The molecule has 3 atom stereocenters. The molecule has 5 heteroatoms. The third-order valence-electron chi connectivity index (χ3n) is 7.17. The van der Waals surface area contributed by atoms with E-state index in [4.69, 9.17) is 18.9 Å². The Kier molecular flexibility index (Phi) is 4.55. The fourth-order valence-electron chi connectivity index (χ4n) is 5.79. The molecule has 0 radical (unpaired) electrons. The molecule has 2 saturated carbocycles. The van der Waals surface area contributed by atoms with Crippen LogP contribution in [0.4, 0.5) is 4.39 Å². The maximum atomic E-state index is 14.7. The minimum absolute atomic E-state index is 0.111. The molecule has 4 nitrogen and oxygen atoms in total. The van der Waals surface area contributed by atoms with Gasteiger partial charge >= 0.3 is 0 Å². The summed E-state index contributed by atoms with van der Waals surface area (Å²) in [6.45, 7) is 3.80. The molecular formula is C22H29FO4. The van der Waals surface area contributed by atoms with Crippen LogP contribution in [0, 0.1) is 17.7 Å². The molecule has 1 saturated heterocycles. The first-order chi connectivity index (χ1) is 13.2. The second-order valence-corrected chi connectivity index (χ2v) is 8.51. The van der Waals surface area contributed by atoms with Crippen LogP contribution in [0.15, 0.2) is 12.1 Å². The number of hydrogen-bond donors (Lipinski definition) is 0. The van der Waals surface area contributed by atoms with Crippen LogP contribution in [0.1, 0.15) is 63.4 Å². The van der Waals surface area contributed by atoms with Gasteiger partial charge in [-0.25, -0.2) is 0 Å². The van der Waals surface area contributed by atoms with Crippen molar-refractivity contribution in [1.82, 2.24) is 0 Å². The van der Waals surface area contributed by atoms with Crippen molar-refractivity contribution < 1.29 is 23.3 Å². The van der Waals surface area contributed by atoms with E-state index in [0.717, 1.165) is 57.3 Å². The van der Waals surface area contributed by atoms with Gasteiger partial charge in [-0.2, -0.15) is 4.39 Å². The molecule has 3 fully saturated rings. The molecule has 2 aliphatic heterocycles. The van der Waals surface area contributed by atoms with E-state index in [9.17, 15) is 4.39 Å². The lowest BCUT2D eigenvalue weighted by Gasteiger charge is -2.41. The number of benzene rings is 1. The molecule has 0 aromatic heterocycles. The molecule has 0 unspecified atom stereocenters. The Bertz CT molecular complexity index is 690. The van der Waals surface area contributed by atoms with Crippen LogP contribution in [0.5, 0.6) is 11.5 Å². The lowest BCUT2D eigenvalue weighted by Crippen LogP contribution is -2.39. The quantitative estimate of drug-likeness (QED) is 0.759. The topological polar surface area (TPSA) is 36.9 Å². The van der Waals surface area contributed by atoms with E-state index in [0.29, 0.717) is 35.9 Å². The minimum Gasteiger partial charge on any atom is -0.491 e. The first-order valence-corrected chi connectivity index (χ1v) is 10.6. The molecule has 0 amide bonds. The van der Waals surface area contributed by atoms with Crippen LogP contribution >= 0.6 is 0 Å². The fraction of sp³-hybridized carbons (Fsp3) is 0.727. The fourth-order valence-corrected chi connectivity index (χ4v) is 5.79. The second-order valence-electron chi connectivity index (χ2n) is 8.51. The van der Waals surface area contributed by atoms with Crippen molar-refractivity contribution in [3.05, 3.63) is 23.5 Å². The van der Waals surface area contributed by atoms with Gasteiger partial charge in [0.1, 0.15) is 6.10 Å². The van der Waals surface area contributed by atoms with Gasteiger partial charge < -0.3 is 18.9 Å². The summed E-state index contributed by atoms with van der Waals surface area (Å²) in [5, 5.41) is 0. The largest absolute Gasteiger partial charge is 0.491 e. The van der Waals surface area contributed by atoms with Crippen LogP contribution in [0.25, 0.3) is 0 Å². The van der Waals surface area contributed by atoms with E-state index in [1.165, 1.54) is 6.42 Å². The normalized spacial score (nSPS) is 32.1. The molecule has 2 heterocycles. The smallest absolute Gasteiger partial charge is 0.207 e. The van der Waals surface area contributed by atoms with Crippen molar-refractivity contribution in [1.29, 1.82) is 0 Å². The highest BCUT2D eigenvalue weighted by atomic mass is 19.1. The summed E-state index contributed by atoms with van der Waals surface area (Å²) in [6.07, 6.45) is 7.78. The molecular weight excluding hydrogens is 347 g/mol. The minimum atomic E-state index is -0.324. The van der Waals surface area contributed by atoms with E-state index >= 15 is 0 Å². The average Bonchev–Trinajstić information content (AvgIpc) is 3.29. The van der Waals surface area contributed by atoms with E-state index < -0.39 is 0 Å². The zero-order valence-corrected chi connectivity index (χ0v) is 16.0. The standard InChI is InChI=1S/C22H29FO4/c1-2-24-18-6-5-17-16-4-3-15(13-19(16)27-21(17)20(18)23)14-7-9-22(10-8-14)25-11-12-26-22/h5-6,14-16,19H,2-4,7-13H2,1H3/t15-,16+,19-/m1/s1. The summed E-state index contributed by atoms with van der Waals surface area (Å²) in [5.74, 6) is 1.84. The Balaban J connectivity index is 1.25. The van der Waals surface area contributed by atoms with Gasteiger partial charge in [-0.3, -0.25) is 0 Å². The molecule has 1 aromatic rings. The molecule has 0 bridgehead atoms. The third-order valence-corrected chi connectivity index (χ3v) is 7.17. The molecule has 1 spiro atoms. The maximum Gasteiger partial charge on any atom is 0.207 e. The summed E-state index contributed by atoms with van der Waals surface area (Å²) < 4.78 is 38.0. The third kappa shape index (κ3) is 3.03. The van der Waals surface area contributed by atoms with Gasteiger partial charge in [-0.05, 0) is 56.9 Å². The molecule has 148 valence electrons. The summed E-state index contributed by atoms with van der Waals surface area (Å²) in [4.78, 5) is 0. The van der Waals surface area contributed by atoms with Gasteiger partial charge in [0.05, 0.1) is 19.8 Å². The molecule has 4 aliphatic rings. The van der Waals surface area contributed by atoms with Crippen molar-refractivity contribution in [3.8, 4) is 11.5 Å². The first kappa shape index (κ1) is 17.7. The van der Waals surface area contributed by atoms with Gasteiger partial charge in [0.25, 0.3) is 0 Å². The summed E-state index contributed by atoms with van der Waals surface area (Å²) in [7, 11) is 0. The van der Waals surface area contributed by atoms with Gasteiger partial charge in [-0.1, -0.05) is 6.07 Å². The lowest BCUT2D eigenvalue weighted by molar-refractivity contribution is -0.185. The van der Waals surface area contributed by atoms with Crippen molar-refractivity contribution in [2.24, 2.45) is 11.8 Å². The highest BCUT2D eigenvalue weighted by Gasteiger charge is 2.46.